The van der Waals surface area contributed by atoms with Crippen molar-refractivity contribution in [2.75, 3.05) is 14.1 Å². The summed E-state index contributed by atoms with van der Waals surface area (Å²) in [6, 6.07) is 7.59. The number of Topliss-reactive ketones (excluding diaryl/α,β-unsaturated/α-hetero) is 2. The number of ketones is 2. The van der Waals surface area contributed by atoms with Gasteiger partial charge < -0.3 is 26.2 Å². The number of phenols is 1. The van der Waals surface area contributed by atoms with Crippen molar-refractivity contribution in [2.24, 2.45) is 17.6 Å². The van der Waals surface area contributed by atoms with Crippen molar-refractivity contribution in [1.82, 2.24) is 4.90 Å². The molecule has 5 atom stereocenters. The number of carbonyl (C=O) groups is 3. The third-order valence-electron chi connectivity index (χ3n) is 8.26. The lowest BCUT2D eigenvalue weighted by molar-refractivity contribution is -0.148. The Morgan fingerprint density at radius 2 is 1.71 bits per heavy atom. The highest BCUT2D eigenvalue weighted by Crippen LogP contribution is 2.56. The number of aliphatic hydroxyl groups is 3. The van der Waals surface area contributed by atoms with Crippen LogP contribution in [0, 0.1) is 17.7 Å². The first-order valence-corrected chi connectivity index (χ1v) is 12.1. The lowest BCUT2D eigenvalue weighted by atomic mass is 9.56. The maximum absolute atomic E-state index is 13.9. The number of rotatable bonds is 3. The van der Waals surface area contributed by atoms with Gasteiger partial charge in [-0.25, -0.2) is 4.39 Å². The van der Waals surface area contributed by atoms with E-state index in [-0.39, 0.29) is 28.9 Å². The van der Waals surface area contributed by atoms with Crippen LogP contribution in [-0.4, -0.2) is 68.5 Å². The Bertz CT molecular complexity index is 1480. The number of allylic oxidation sites excluding steroid dienone is 1. The predicted molar refractivity (Wildman–Crippen MR) is 134 cm³/mol. The smallest absolute Gasteiger partial charge is 0.255 e. The molecule has 0 fully saturated rings. The molecule has 0 aliphatic heterocycles. The zero-order valence-corrected chi connectivity index (χ0v) is 20.9. The van der Waals surface area contributed by atoms with Crippen LogP contribution < -0.4 is 5.73 Å². The quantitative estimate of drug-likeness (QED) is 0.384. The fraction of sp³-hybridized carbons (Fsp3) is 0.321. The van der Waals surface area contributed by atoms with Crippen LogP contribution >= 0.6 is 0 Å². The van der Waals surface area contributed by atoms with Crippen LogP contribution in [0.2, 0.25) is 0 Å². The molecule has 0 saturated carbocycles. The van der Waals surface area contributed by atoms with Crippen LogP contribution in [0.25, 0.3) is 11.1 Å². The molecule has 1 amide bonds. The predicted octanol–water partition coefficient (Wildman–Crippen LogP) is 2.49. The Morgan fingerprint density at radius 1 is 1.08 bits per heavy atom. The summed E-state index contributed by atoms with van der Waals surface area (Å²) in [7, 11) is 3.15. The molecule has 0 saturated heterocycles. The number of benzene rings is 2. The number of amides is 1. The highest BCUT2D eigenvalue weighted by Gasteiger charge is 2.63. The van der Waals surface area contributed by atoms with E-state index in [0.29, 0.717) is 11.1 Å². The van der Waals surface area contributed by atoms with E-state index in [4.69, 9.17) is 5.73 Å². The van der Waals surface area contributed by atoms with Gasteiger partial charge in [-0.2, -0.15) is 0 Å². The van der Waals surface area contributed by atoms with E-state index in [9.17, 15) is 39.2 Å². The standard InChI is InChI=1S/C28H27FN2O7/c1-11-14-8-9-15(12-4-6-13(29)7-5-12)22(32)18(14)23(33)19-16(11)10-17-21(31(2)3)24(34)20(27(30)37)26(36)28(17,38)25(19)35/h4-9,11,16-17,21,32,34-35,38H,10H2,1-3H3,(H2,30,37)/t11-,16+,17-,21-,28-/m0/s1. The number of nitrogens with zero attached hydrogens (tertiary/aromatic N) is 1. The lowest BCUT2D eigenvalue weighted by Crippen LogP contribution is -2.64. The number of halogens is 1. The zero-order chi connectivity index (χ0) is 27.8. The van der Waals surface area contributed by atoms with Crippen molar-refractivity contribution < 1.29 is 39.2 Å². The fourth-order valence-corrected chi connectivity index (χ4v) is 6.41. The van der Waals surface area contributed by atoms with Crippen LogP contribution in [0.4, 0.5) is 4.39 Å². The Morgan fingerprint density at radius 3 is 2.29 bits per heavy atom. The first-order valence-electron chi connectivity index (χ1n) is 12.1. The molecule has 9 nitrogen and oxygen atoms in total. The number of phenolic OH excluding ortho intramolecular Hbond substituents is 1. The normalized spacial score (nSPS) is 28.8. The molecule has 0 radical (unpaired) electrons. The monoisotopic (exact) mass is 522 g/mol. The van der Waals surface area contributed by atoms with Gasteiger partial charge in [0.15, 0.2) is 11.4 Å². The zero-order valence-electron chi connectivity index (χ0n) is 20.9. The van der Waals surface area contributed by atoms with Crippen molar-refractivity contribution in [2.45, 2.75) is 30.9 Å². The summed E-state index contributed by atoms with van der Waals surface area (Å²) in [5.41, 5.74) is 2.70. The molecule has 2 aromatic rings. The lowest BCUT2D eigenvalue weighted by Gasteiger charge is -2.51. The van der Waals surface area contributed by atoms with E-state index in [0.717, 1.165) is 0 Å². The van der Waals surface area contributed by atoms with Crippen LogP contribution in [0.15, 0.2) is 59.1 Å². The van der Waals surface area contributed by atoms with E-state index in [1.165, 1.54) is 29.2 Å². The van der Waals surface area contributed by atoms with Gasteiger partial charge in [0.05, 0.1) is 11.6 Å². The molecule has 2 aromatic carbocycles. The molecule has 3 aliphatic rings. The van der Waals surface area contributed by atoms with Gasteiger partial charge in [0.25, 0.3) is 5.91 Å². The SMILES string of the molecule is C[C@H]1c2ccc(-c3ccc(F)cc3)c(O)c2C(=O)C2=C(O)[C@]3(O)C(=O)C(C(N)=O)=C(O)[C@@H](N(C)C)[C@@H]3C[C@@H]21. The van der Waals surface area contributed by atoms with Crippen LogP contribution in [0.5, 0.6) is 5.75 Å². The molecule has 10 heteroatoms. The summed E-state index contributed by atoms with van der Waals surface area (Å²) in [6.45, 7) is 1.80. The van der Waals surface area contributed by atoms with Gasteiger partial charge in [0.2, 0.25) is 5.78 Å². The largest absolute Gasteiger partial charge is 0.510 e. The first-order chi connectivity index (χ1) is 17.8. The molecule has 0 spiro atoms. The van der Waals surface area contributed by atoms with Crippen molar-refractivity contribution in [3.63, 3.8) is 0 Å². The molecule has 0 heterocycles. The molecule has 198 valence electrons. The number of aromatic hydroxyl groups is 1. The molecule has 0 bridgehead atoms. The minimum absolute atomic E-state index is 0.00735. The molecule has 0 unspecified atom stereocenters. The number of aliphatic hydroxyl groups excluding tert-OH is 2. The van der Waals surface area contributed by atoms with E-state index in [1.54, 1.807) is 33.2 Å². The maximum Gasteiger partial charge on any atom is 0.255 e. The maximum atomic E-state index is 13.9. The number of hydrogen-bond acceptors (Lipinski definition) is 8. The summed E-state index contributed by atoms with van der Waals surface area (Å²) in [5.74, 6) is -7.93. The second-order valence-electron chi connectivity index (χ2n) is 10.4. The van der Waals surface area contributed by atoms with Gasteiger partial charge in [0.1, 0.15) is 28.7 Å². The van der Waals surface area contributed by atoms with Gasteiger partial charge in [-0.15, -0.1) is 0 Å². The van der Waals surface area contributed by atoms with Crippen molar-refractivity contribution in [1.29, 1.82) is 0 Å². The average molecular weight is 523 g/mol. The Balaban J connectivity index is 1.72. The minimum Gasteiger partial charge on any atom is -0.510 e. The summed E-state index contributed by atoms with van der Waals surface area (Å²) in [4.78, 5) is 40.8. The molecule has 6 N–H and O–H groups in total. The molecule has 5 rings (SSSR count). The first kappa shape index (κ1) is 25.6. The van der Waals surface area contributed by atoms with E-state index >= 15 is 0 Å². The number of likely N-dealkylation sites (N-methyl/N-ethyl adjacent to an activating group) is 1. The fourth-order valence-electron chi connectivity index (χ4n) is 6.41. The van der Waals surface area contributed by atoms with Crippen molar-refractivity contribution >= 4 is 17.5 Å². The van der Waals surface area contributed by atoms with Gasteiger partial charge in [0, 0.05) is 17.1 Å². The topological polar surface area (TPSA) is 161 Å². The number of nitrogens with two attached hydrogens (primary N) is 1. The van der Waals surface area contributed by atoms with E-state index < -0.39 is 69.8 Å². The highest BCUT2D eigenvalue weighted by molar-refractivity contribution is 6.25. The Hall–Kier alpha value is -4.02. The van der Waals surface area contributed by atoms with Gasteiger partial charge in [-0.1, -0.05) is 31.2 Å². The number of primary amides is 1. The number of carbonyl (C=O) groups excluding carboxylic acids is 3. The summed E-state index contributed by atoms with van der Waals surface area (Å²) < 4.78 is 13.4. The number of hydrogen-bond donors (Lipinski definition) is 5. The molecular weight excluding hydrogens is 495 g/mol. The van der Waals surface area contributed by atoms with Gasteiger partial charge >= 0.3 is 0 Å². The van der Waals surface area contributed by atoms with Crippen molar-refractivity contribution in [3.05, 3.63) is 76.0 Å². The van der Waals surface area contributed by atoms with Crippen LogP contribution in [0.3, 0.4) is 0 Å². The minimum atomic E-state index is -2.70. The molecule has 38 heavy (non-hydrogen) atoms. The Kier molecular flexibility index (Phi) is 5.73. The summed E-state index contributed by atoms with van der Waals surface area (Å²) in [5, 5.41) is 45.1. The second-order valence-corrected chi connectivity index (χ2v) is 10.4. The number of fused-ring (bicyclic) bond motifs is 3. The average Bonchev–Trinajstić information content (AvgIpc) is 2.84. The van der Waals surface area contributed by atoms with E-state index in [1.807, 2.05) is 0 Å². The molecular formula is C28H27FN2O7. The van der Waals surface area contributed by atoms with Gasteiger partial charge in [-0.3, -0.25) is 19.3 Å². The third-order valence-corrected chi connectivity index (χ3v) is 8.26. The van der Waals surface area contributed by atoms with Gasteiger partial charge in [-0.05, 0) is 55.6 Å². The van der Waals surface area contributed by atoms with Crippen LogP contribution in [0.1, 0.15) is 35.2 Å². The van der Waals surface area contributed by atoms with E-state index in [2.05, 4.69) is 0 Å². The van der Waals surface area contributed by atoms with Crippen LogP contribution in [-0.2, 0) is 9.59 Å². The summed E-state index contributed by atoms with van der Waals surface area (Å²) in [6.07, 6.45) is 0.00735. The molecule has 3 aliphatic carbocycles. The second kappa shape index (κ2) is 8.50. The molecule has 0 aromatic heterocycles. The Labute approximate surface area is 217 Å². The summed E-state index contributed by atoms with van der Waals surface area (Å²) >= 11 is 0. The highest BCUT2D eigenvalue weighted by atomic mass is 19.1. The van der Waals surface area contributed by atoms with Crippen molar-refractivity contribution in [3.8, 4) is 16.9 Å². The third kappa shape index (κ3) is 3.26.